The van der Waals surface area contributed by atoms with Gasteiger partial charge in [-0.3, -0.25) is 5.32 Å². The van der Waals surface area contributed by atoms with Gasteiger partial charge in [-0.25, -0.2) is 0 Å². The molecule has 11 rings (SSSR count). The van der Waals surface area contributed by atoms with Crippen molar-refractivity contribution in [3.05, 3.63) is 193 Å². The summed E-state index contributed by atoms with van der Waals surface area (Å²) in [7, 11) is 2.21. The van der Waals surface area contributed by atoms with Gasteiger partial charge in [0.1, 0.15) is 0 Å². The number of para-hydroxylation sites is 3. The van der Waals surface area contributed by atoms with Crippen LogP contribution in [0.2, 0.25) is 0 Å². The van der Waals surface area contributed by atoms with Crippen LogP contribution in [0.15, 0.2) is 182 Å². The minimum atomic E-state index is -0.0999. The van der Waals surface area contributed by atoms with E-state index in [1.807, 2.05) is 0 Å². The zero-order valence-electron chi connectivity index (χ0n) is 29.3. The molecule has 0 aliphatic carbocycles. The summed E-state index contributed by atoms with van der Waals surface area (Å²) in [6.45, 7) is 0. The molecule has 2 aromatic heterocycles. The number of benzene rings is 8. The van der Waals surface area contributed by atoms with Crippen LogP contribution in [0.25, 0.3) is 71.2 Å². The summed E-state index contributed by atoms with van der Waals surface area (Å²) >= 11 is 0. The van der Waals surface area contributed by atoms with Crippen molar-refractivity contribution in [2.24, 2.45) is 0 Å². The summed E-state index contributed by atoms with van der Waals surface area (Å²) in [6, 6.07) is 66.6. The van der Waals surface area contributed by atoms with Gasteiger partial charge in [0, 0.05) is 40.0 Å². The fraction of sp³-hybridized carbons (Fsp3) is 0.0612. The molecule has 10 aromatic rings. The van der Waals surface area contributed by atoms with Crippen molar-refractivity contribution >= 4 is 60.1 Å². The highest BCUT2D eigenvalue weighted by Gasteiger charge is 2.33. The van der Waals surface area contributed by atoms with Crippen LogP contribution in [-0.4, -0.2) is 16.2 Å². The van der Waals surface area contributed by atoms with Gasteiger partial charge >= 0.3 is 0 Å². The SMILES string of the molecule is CN1c2ccccc2C(c2ccccc2)NC1n1c2ccccc2c2cc(-c3ccc4c(c3)c3c5ccccc5ccc3n4-c3ccccc3)ccc21. The van der Waals surface area contributed by atoms with E-state index in [9.17, 15) is 0 Å². The molecule has 2 atom stereocenters. The van der Waals surface area contributed by atoms with E-state index in [1.54, 1.807) is 0 Å². The molecule has 3 heterocycles. The second kappa shape index (κ2) is 11.7. The van der Waals surface area contributed by atoms with Gasteiger partial charge in [-0.15, -0.1) is 0 Å². The van der Waals surface area contributed by atoms with Gasteiger partial charge < -0.3 is 14.0 Å². The quantitative estimate of drug-likeness (QED) is 0.200. The van der Waals surface area contributed by atoms with E-state index in [-0.39, 0.29) is 12.3 Å². The van der Waals surface area contributed by atoms with E-state index in [1.165, 1.54) is 88.0 Å². The van der Waals surface area contributed by atoms with Gasteiger partial charge in [0.05, 0.1) is 28.1 Å². The third-order valence-electron chi connectivity index (χ3n) is 11.4. The average Bonchev–Trinajstić information content (AvgIpc) is 3.74. The number of anilines is 1. The first-order valence-corrected chi connectivity index (χ1v) is 18.4. The molecule has 0 radical (unpaired) electrons. The molecule has 4 nitrogen and oxygen atoms in total. The average molecular weight is 681 g/mol. The summed E-state index contributed by atoms with van der Waals surface area (Å²) in [6.07, 6.45) is -0.0999. The number of hydrogen-bond acceptors (Lipinski definition) is 2. The molecule has 0 spiro atoms. The van der Waals surface area contributed by atoms with Gasteiger partial charge in [0.15, 0.2) is 6.29 Å². The van der Waals surface area contributed by atoms with Crippen LogP contribution in [0.3, 0.4) is 0 Å². The molecular formula is C49H36N4. The maximum atomic E-state index is 4.06. The minimum Gasteiger partial charge on any atom is -0.341 e. The van der Waals surface area contributed by atoms with E-state index in [0.29, 0.717) is 0 Å². The summed E-state index contributed by atoms with van der Waals surface area (Å²) in [5, 5.41) is 11.7. The Balaban J connectivity index is 1.10. The van der Waals surface area contributed by atoms with E-state index in [4.69, 9.17) is 0 Å². The van der Waals surface area contributed by atoms with Crippen LogP contribution < -0.4 is 10.2 Å². The molecule has 4 heteroatoms. The van der Waals surface area contributed by atoms with Gasteiger partial charge in [0.2, 0.25) is 0 Å². The molecule has 2 unspecified atom stereocenters. The van der Waals surface area contributed by atoms with Crippen molar-refractivity contribution in [1.29, 1.82) is 0 Å². The first-order valence-electron chi connectivity index (χ1n) is 18.4. The van der Waals surface area contributed by atoms with E-state index in [2.05, 4.69) is 208 Å². The van der Waals surface area contributed by atoms with Crippen LogP contribution in [0.4, 0.5) is 5.69 Å². The maximum absolute atomic E-state index is 4.06. The van der Waals surface area contributed by atoms with Crippen molar-refractivity contribution < 1.29 is 0 Å². The number of nitrogens with one attached hydrogen (secondary N) is 1. The molecule has 0 saturated heterocycles. The van der Waals surface area contributed by atoms with Gasteiger partial charge in [0.25, 0.3) is 0 Å². The van der Waals surface area contributed by atoms with Crippen LogP contribution >= 0.6 is 0 Å². The second-order valence-corrected chi connectivity index (χ2v) is 14.3. The molecule has 1 aliphatic heterocycles. The van der Waals surface area contributed by atoms with Crippen molar-refractivity contribution in [2.75, 3.05) is 11.9 Å². The molecule has 1 N–H and O–H groups in total. The number of fused-ring (bicyclic) bond motifs is 9. The lowest BCUT2D eigenvalue weighted by molar-refractivity contribution is 0.367. The fourth-order valence-electron chi connectivity index (χ4n) is 8.98. The minimum absolute atomic E-state index is 0.0601. The summed E-state index contributed by atoms with van der Waals surface area (Å²) in [5.41, 5.74) is 12.2. The summed E-state index contributed by atoms with van der Waals surface area (Å²) < 4.78 is 4.90. The Kier molecular flexibility index (Phi) is 6.64. The highest BCUT2D eigenvalue weighted by molar-refractivity contribution is 6.22. The Bertz CT molecular complexity index is 3010. The zero-order valence-corrected chi connectivity index (χ0v) is 29.3. The van der Waals surface area contributed by atoms with Gasteiger partial charge in [-0.1, -0.05) is 127 Å². The van der Waals surface area contributed by atoms with E-state index < -0.39 is 0 Å². The zero-order chi connectivity index (χ0) is 35.0. The molecular weight excluding hydrogens is 645 g/mol. The predicted octanol–water partition coefficient (Wildman–Crippen LogP) is 12.0. The number of nitrogens with zero attached hydrogens (tertiary/aromatic N) is 3. The summed E-state index contributed by atoms with van der Waals surface area (Å²) in [4.78, 5) is 2.38. The molecule has 0 bridgehead atoms. The van der Waals surface area contributed by atoms with E-state index >= 15 is 0 Å². The highest BCUT2D eigenvalue weighted by atomic mass is 15.4. The van der Waals surface area contributed by atoms with E-state index in [0.717, 1.165) is 0 Å². The monoisotopic (exact) mass is 680 g/mol. The van der Waals surface area contributed by atoms with Crippen LogP contribution in [0.1, 0.15) is 23.5 Å². The predicted molar refractivity (Wildman–Crippen MR) is 222 cm³/mol. The highest BCUT2D eigenvalue weighted by Crippen LogP contribution is 2.43. The third-order valence-corrected chi connectivity index (χ3v) is 11.4. The topological polar surface area (TPSA) is 25.1 Å². The lowest BCUT2D eigenvalue weighted by Gasteiger charge is -2.42. The Labute approximate surface area is 307 Å². The van der Waals surface area contributed by atoms with Gasteiger partial charge in [-0.2, -0.15) is 0 Å². The molecule has 252 valence electrons. The Hall–Kier alpha value is -6.62. The Morgan fingerprint density at radius 3 is 1.92 bits per heavy atom. The molecule has 0 amide bonds. The van der Waals surface area contributed by atoms with Crippen molar-refractivity contribution in [3.63, 3.8) is 0 Å². The van der Waals surface area contributed by atoms with Crippen LogP contribution in [-0.2, 0) is 0 Å². The first kappa shape index (κ1) is 30.0. The second-order valence-electron chi connectivity index (χ2n) is 14.3. The lowest BCUT2D eigenvalue weighted by atomic mass is 9.94. The normalized spacial score (nSPS) is 15.9. The Morgan fingerprint density at radius 1 is 0.472 bits per heavy atom. The van der Waals surface area contributed by atoms with Crippen LogP contribution in [0, 0.1) is 0 Å². The number of rotatable bonds is 4. The lowest BCUT2D eigenvalue weighted by Crippen LogP contribution is -2.46. The van der Waals surface area contributed by atoms with Crippen molar-refractivity contribution in [3.8, 4) is 16.8 Å². The molecule has 0 saturated carbocycles. The largest absolute Gasteiger partial charge is 0.341 e. The summed E-state index contributed by atoms with van der Waals surface area (Å²) in [5.74, 6) is 0. The first-order chi connectivity index (χ1) is 26.2. The molecule has 53 heavy (non-hydrogen) atoms. The molecule has 1 aliphatic rings. The maximum Gasteiger partial charge on any atom is 0.162 e. The standard InChI is InChI=1S/C49H36N4/c1-51-42-22-12-11-21-39(42)48(33-15-4-2-5-16-33)50-49(51)53-43-23-13-10-20-38(43)40-30-34(25-27-44(40)53)35-26-28-45-41(31-35)47-37-19-9-8-14-32(37)24-29-46(47)52(45)36-17-6-3-7-18-36/h2-31,48-50H,1H3. The smallest absolute Gasteiger partial charge is 0.162 e. The van der Waals surface area contributed by atoms with Gasteiger partial charge in [-0.05, 0) is 87.6 Å². The fourth-order valence-corrected chi connectivity index (χ4v) is 8.98. The van der Waals surface area contributed by atoms with Crippen LogP contribution in [0.5, 0.6) is 0 Å². The third kappa shape index (κ3) is 4.52. The number of hydrogen-bond donors (Lipinski definition) is 1. The number of aromatic nitrogens is 2. The van der Waals surface area contributed by atoms with Crippen molar-refractivity contribution in [1.82, 2.24) is 14.5 Å². The van der Waals surface area contributed by atoms with Crippen molar-refractivity contribution in [2.45, 2.75) is 12.3 Å². The molecule has 8 aromatic carbocycles. The Morgan fingerprint density at radius 2 is 1.09 bits per heavy atom. The molecule has 0 fully saturated rings.